The number of halogens is 1. The third kappa shape index (κ3) is 5.11. The minimum atomic E-state index is -4.27. The first-order valence-corrected chi connectivity index (χ1v) is 17.7. The van der Waals surface area contributed by atoms with Gasteiger partial charge in [-0.3, -0.25) is 18.2 Å². The summed E-state index contributed by atoms with van der Waals surface area (Å²) in [6.07, 6.45) is -3.97. The quantitative estimate of drug-likeness (QED) is 0.174. The van der Waals surface area contributed by atoms with Crippen molar-refractivity contribution in [2.45, 2.75) is 36.9 Å². The van der Waals surface area contributed by atoms with Crippen molar-refractivity contribution in [3.63, 3.8) is 0 Å². The Kier molecular flexibility index (Phi) is 7.29. The summed E-state index contributed by atoms with van der Waals surface area (Å²) in [6.45, 7) is -9.76. The summed E-state index contributed by atoms with van der Waals surface area (Å²) in [7, 11) is 0. The van der Waals surface area contributed by atoms with Crippen molar-refractivity contribution in [2.75, 3.05) is 24.7 Å². The minimum Gasteiger partial charge on any atom is -0.465 e. The first-order valence-electron chi connectivity index (χ1n) is 12.5. The van der Waals surface area contributed by atoms with Gasteiger partial charge in [0.05, 0.1) is 12.9 Å². The molecule has 4 aromatic heterocycles. The van der Waals surface area contributed by atoms with Crippen molar-refractivity contribution in [3.05, 3.63) is 36.8 Å². The number of fused-ring (bicyclic) bond motifs is 4. The highest BCUT2D eigenvalue weighted by Gasteiger charge is 2.50. The molecule has 1 saturated heterocycles. The molecule has 4 aromatic rings. The van der Waals surface area contributed by atoms with Gasteiger partial charge in [0.1, 0.15) is 54.9 Å². The Morgan fingerprint density at radius 3 is 2.14 bits per heavy atom. The topological polar surface area (TPSA) is 255 Å². The van der Waals surface area contributed by atoms with Gasteiger partial charge < -0.3 is 44.9 Å². The molecule has 234 valence electrons. The molecule has 44 heavy (non-hydrogen) atoms. The van der Waals surface area contributed by atoms with Gasteiger partial charge in [-0.2, -0.15) is 0 Å². The number of aromatic nitrogens is 8. The van der Waals surface area contributed by atoms with Gasteiger partial charge >= 0.3 is 13.4 Å². The highest BCUT2D eigenvalue weighted by Crippen LogP contribution is 2.55. The number of imidazole rings is 2. The number of aliphatic hydroxyl groups is 1. The number of alkyl halides is 1. The van der Waals surface area contributed by atoms with Crippen molar-refractivity contribution in [1.29, 1.82) is 0 Å². The molecule has 0 spiro atoms. The average Bonchev–Trinajstić information content (AvgIpc) is 3.73. The summed E-state index contributed by atoms with van der Waals surface area (Å²) in [6, 6.07) is 0. The van der Waals surface area contributed by atoms with Crippen molar-refractivity contribution >= 4 is 71.0 Å². The molecule has 0 saturated carbocycles. The maximum Gasteiger partial charge on any atom is 0.377 e. The number of nitrogens with two attached hydrogens (primary N) is 2. The number of nitrogens with zero attached hydrogens (tertiary/aromatic N) is 8. The summed E-state index contributed by atoms with van der Waals surface area (Å²) < 4.78 is 52.5. The highest BCUT2D eigenvalue weighted by molar-refractivity contribution is 8.07. The number of hydrogen-bond acceptors (Lipinski definition) is 17. The number of anilines is 2. The third-order valence-corrected chi connectivity index (χ3v) is 9.89. The normalized spacial score (nSPS) is 34.6. The molecular weight excluding hydrogens is 669 g/mol. The van der Waals surface area contributed by atoms with E-state index >= 15 is 4.39 Å². The molecule has 0 aromatic carbocycles. The van der Waals surface area contributed by atoms with Gasteiger partial charge in [-0.25, -0.2) is 34.3 Å². The summed E-state index contributed by atoms with van der Waals surface area (Å²) in [5, 5.41) is 11.1. The van der Waals surface area contributed by atoms with E-state index in [0.717, 1.165) is 0 Å². The zero-order valence-electron chi connectivity index (χ0n) is 21.8. The molecule has 0 radical (unpaired) electrons. The van der Waals surface area contributed by atoms with E-state index < -0.39 is 69.3 Å². The van der Waals surface area contributed by atoms with Crippen molar-refractivity contribution in [1.82, 2.24) is 39.0 Å². The standard InChI is InChI=1S/C20H21FN10O9P2S2/c21-9-13-8(38-19(9)30-5-28-10-15(22)24-3-26-17(10)30)2-36-42(34,44)40-14-12(32)7(1-35-41(33,43)39-13)37-20(14)31-6-29-11-16(23)25-4-27-18(11)31/h3-7,9,12,14,19-20,32H,1-2H2,(H,33,43)(H,34,44)(H2,22,24,26)(H2,23,25,27). The first kappa shape index (κ1) is 29.7. The number of aliphatic hydroxyl groups excluding tert-OH is 1. The molecule has 8 unspecified atom stereocenters. The number of ether oxygens (including phenoxy) is 2. The summed E-state index contributed by atoms with van der Waals surface area (Å²) in [5.41, 5.74) is 12.5. The average molecular weight is 691 g/mol. The Balaban J connectivity index is 1.21. The molecule has 0 aliphatic carbocycles. The van der Waals surface area contributed by atoms with Crippen LogP contribution in [0.25, 0.3) is 22.3 Å². The summed E-state index contributed by atoms with van der Waals surface area (Å²) in [4.78, 5) is 46.2. The lowest BCUT2D eigenvalue weighted by Gasteiger charge is -2.26. The van der Waals surface area contributed by atoms with E-state index in [1.165, 1.54) is 34.4 Å². The molecule has 8 atom stereocenters. The predicted octanol–water partition coefficient (Wildman–Crippen LogP) is 0.0496. The van der Waals surface area contributed by atoms with E-state index in [9.17, 15) is 14.9 Å². The van der Waals surface area contributed by atoms with Gasteiger partial charge in [-0.15, -0.1) is 0 Å². The Morgan fingerprint density at radius 2 is 1.50 bits per heavy atom. The van der Waals surface area contributed by atoms with E-state index in [2.05, 4.69) is 29.9 Å². The van der Waals surface area contributed by atoms with Crippen LogP contribution < -0.4 is 11.5 Å². The second kappa shape index (κ2) is 10.8. The second-order valence-corrected chi connectivity index (χ2v) is 15.1. The lowest BCUT2D eigenvalue weighted by Crippen LogP contribution is -2.35. The minimum absolute atomic E-state index is 0.0546. The Morgan fingerprint density at radius 1 is 0.886 bits per heavy atom. The van der Waals surface area contributed by atoms with Crippen LogP contribution in [0.3, 0.4) is 0 Å². The molecule has 3 aliphatic heterocycles. The van der Waals surface area contributed by atoms with Crippen LogP contribution in [0.15, 0.2) is 36.8 Å². The zero-order chi connectivity index (χ0) is 31.0. The first-order chi connectivity index (χ1) is 20.9. The molecular formula is C20H21FN10O9P2S2. The fraction of sp³-hybridized carbons (Fsp3) is 0.400. The van der Waals surface area contributed by atoms with Crippen LogP contribution in [-0.4, -0.2) is 91.6 Å². The Labute approximate surface area is 255 Å². The smallest absolute Gasteiger partial charge is 0.377 e. The van der Waals surface area contributed by atoms with E-state index in [1.54, 1.807) is 0 Å². The number of nitrogen functional groups attached to an aromatic ring is 2. The van der Waals surface area contributed by atoms with Crippen LogP contribution in [0, 0.1) is 0 Å². The molecule has 2 bridgehead atoms. The molecule has 19 nitrogen and oxygen atoms in total. The Bertz CT molecular complexity index is 1910. The zero-order valence-corrected chi connectivity index (χ0v) is 25.2. The third-order valence-electron chi connectivity index (χ3n) is 6.90. The summed E-state index contributed by atoms with van der Waals surface area (Å²) >= 11 is 10.4. The van der Waals surface area contributed by atoms with Gasteiger partial charge in [-0.05, 0) is 11.8 Å². The van der Waals surface area contributed by atoms with Crippen LogP contribution in [0.2, 0.25) is 0 Å². The van der Waals surface area contributed by atoms with Crippen LogP contribution in [0.4, 0.5) is 16.0 Å². The SMILES string of the molecule is Nc1ncnc2c1ncn2C1OC2=C(OP(O)(=S)OCC3OC(n4cnc5c(N)ncnc54)C(OP(O)(=S)OC2)C3O)C1F. The molecule has 24 heteroatoms. The van der Waals surface area contributed by atoms with Crippen molar-refractivity contribution < 1.29 is 46.9 Å². The fourth-order valence-electron chi connectivity index (χ4n) is 4.90. The van der Waals surface area contributed by atoms with Crippen LogP contribution >= 0.6 is 13.4 Å². The maximum atomic E-state index is 16.0. The van der Waals surface area contributed by atoms with Crippen molar-refractivity contribution in [2.24, 2.45) is 0 Å². The van der Waals surface area contributed by atoms with E-state index in [-0.39, 0.29) is 39.7 Å². The fourth-order valence-corrected chi connectivity index (χ4v) is 7.50. The van der Waals surface area contributed by atoms with Gasteiger partial charge in [0.25, 0.3) is 0 Å². The second-order valence-electron chi connectivity index (χ2n) is 9.59. The highest BCUT2D eigenvalue weighted by atomic mass is 32.5. The number of hydrogen-bond donors (Lipinski definition) is 5. The van der Waals surface area contributed by atoms with Gasteiger partial charge in [0.15, 0.2) is 40.7 Å². The van der Waals surface area contributed by atoms with Crippen molar-refractivity contribution in [3.8, 4) is 0 Å². The van der Waals surface area contributed by atoms with Crippen LogP contribution in [0.5, 0.6) is 0 Å². The van der Waals surface area contributed by atoms with Gasteiger partial charge in [0.2, 0.25) is 12.4 Å². The van der Waals surface area contributed by atoms with E-state index in [4.69, 9.17) is 62.6 Å². The van der Waals surface area contributed by atoms with E-state index in [0.29, 0.717) is 0 Å². The molecule has 7 heterocycles. The molecule has 1 fully saturated rings. The largest absolute Gasteiger partial charge is 0.465 e. The lowest BCUT2D eigenvalue weighted by atomic mass is 10.1. The maximum absolute atomic E-state index is 16.0. The van der Waals surface area contributed by atoms with E-state index in [1.807, 2.05) is 0 Å². The van der Waals surface area contributed by atoms with Crippen LogP contribution in [-0.2, 0) is 51.2 Å². The lowest BCUT2D eigenvalue weighted by molar-refractivity contribution is -0.0479. The molecule has 0 amide bonds. The molecule has 3 aliphatic rings. The summed E-state index contributed by atoms with van der Waals surface area (Å²) in [5.74, 6) is -0.759. The van der Waals surface area contributed by atoms with Gasteiger partial charge in [-0.1, -0.05) is 0 Å². The van der Waals surface area contributed by atoms with Gasteiger partial charge in [0, 0.05) is 11.8 Å². The monoisotopic (exact) mass is 690 g/mol. The molecule has 7 rings (SSSR count). The Hall–Kier alpha value is -3.01. The van der Waals surface area contributed by atoms with Crippen LogP contribution in [0.1, 0.15) is 12.5 Å². The predicted molar refractivity (Wildman–Crippen MR) is 152 cm³/mol. The number of rotatable bonds is 2. The molecule has 7 N–H and O–H groups in total.